The largest absolute Gasteiger partial charge is 0.378 e. The molecule has 2 nitrogen and oxygen atoms in total. The van der Waals surface area contributed by atoms with E-state index in [0.29, 0.717) is 18.1 Å². The number of nitriles is 1. The summed E-state index contributed by atoms with van der Waals surface area (Å²) in [6.45, 7) is 3.42. The van der Waals surface area contributed by atoms with Crippen molar-refractivity contribution in [2.75, 3.05) is 13.2 Å². The molecule has 0 bridgehead atoms. The maximum absolute atomic E-state index is 14.0. The highest BCUT2D eigenvalue weighted by atomic mass is 19.1. The summed E-state index contributed by atoms with van der Waals surface area (Å²) in [6.07, 6.45) is 8.52. The van der Waals surface area contributed by atoms with Crippen LogP contribution in [0.25, 0.3) is 0 Å². The van der Waals surface area contributed by atoms with Crippen LogP contribution < -0.4 is 0 Å². The van der Waals surface area contributed by atoms with Gasteiger partial charge in [-0.15, -0.1) is 0 Å². The Bertz CT molecular complexity index is 525. The van der Waals surface area contributed by atoms with Crippen molar-refractivity contribution >= 4 is 0 Å². The smallest absolute Gasteiger partial charge is 0.127 e. The summed E-state index contributed by atoms with van der Waals surface area (Å²) in [4.78, 5) is 0. The Kier molecular flexibility index (Phi) is 5.95. The summed E-state index contributed by atoms with van der Waals surface area (Å²) in [5, 5.41) is 8.78. The average Bonchev–Trinajstić information content (AvgIpc) is 2.52. The molecule has 1 aliphatic carbocycles. The van der Waals surface area contributed by atoms with Crippen LogP contribution in [0.15, 0.2) is 30.4 Å². The molecule has 0 radical (unpaired) electrons. The molecule has 0 spiro atoms. The lowest BCUT2D eigenvalue weighted by Gasteiger charge is -2.27. The highest BCUT2D eigenvalue weighted by Gasteiger charge is 2.23. The number of halogens is 1. The highest BCUT2D eigenvalue weighted by molar-refractivity contribution is 5.34. The third kappa shape index (κ3) is 4.41. The number of allylic oxidation sites excluding steroid dienone is 1. The third-order valence-corrected chi connectivity index (χ3v) is 4.17. The predicted octanol–water partition coefficient (Wildman–Crippen LogP) is 4.56. The van der Waals surface area contributed by atoms with E-state index in [9.17, 15) is 4.39 Å². The van der Waals surface area contributed by atoms with Gasteiger partial charge in [-0.25, -0.2) is 4.39 Å². The zero-order valence-electron chi connectivity index (χ0n) is 12.5. The van der Waals surface area contributed by atoms with E-state index in [1.165, 1.54) is 6.07 Å². The number of nitrogens with zero attached hydrogens (tertiary/aromatic N) is 1. The van der Waals surface area contributed by atoms with Crippen molar-refractivity contribution in [1.29, 1.82) is 5.26 Å². The first-order chi connectivity index (χ1) is 10.2. The molecule has 1 aromatic rings. The molecule has 1 fully saturated rings. The summed E-state index contributed by atoms with van der Waals surface area (Å²) < 4.78 is 19.3. The minimum Gasteiger partial charge on any atom is -0.378 e. The molecule has 0 atom stereocenters. The molecule has 0 N–H and O–H groups in total. The third-order valence-electron chi connectivity index (χ3n) is 4.17. The van der Waals surface area contributed by atoms with Gasteiger partial charge in [0, 0.05) is 6.61 Å². The maximum atomic E-state index is 14.0. The minimum atomic E-state index is -0.232. The van der Waals surface area contributed by atoms with E-state index in [0.717, 1.165) is 37.9 Å². The first kappa shape index (κ1) is 15.7. The second-order valence-corrected chi connectivity index (χ2v) is 5.55. The molecular formula is C18H22FNO. The second-order valence-electron chi connectivity index (χ2n) is 5.55. The summed E-state index contributed by atoms with van der Waals surface area (Å²) in [5.41, 5.74) is 1.16. The summed E-state index contributed by atoms with van der Waals surface area (Å²) >= 11 is 0. The van der Waals surface area contributed by atoms with Gasteiger partial charge in [0.25, 0.3) is 0 Å². The van der Waals surface area contributed by atoms with Gasteiger partial charge < -0.3 is 4.74 Å². The topological polar surface area (TPSA) is 33.0 Å². The van der Waals surface area contributed by atoms with E-state index in [4.69, 9.17) is 10.00 Å². The van der Waals surface area contributed by atoms with Crippen molar-refractivity contribution in [2.24, 2.45) is 5.92 Å². The first-order valence-electron chi connectivity index (χ1n) is 7.68. The number of rotatable bonds is 5. The van der Waals surface area contributed by atoms with Gasteiger partial charge >= 0.3 is 0 Å². The molecule has 1 saturated carbocycles. The Labute approximate surface area is 126 Å². The van der Waals surface area contributed by atoms with Crippen LogP contribution in [0.4, 0.5) is 4.39 Å². The summed E-state index contributed by atoms with van der Waals surface area (Å²) in [6, 6.07) is 6.82. The van der Waals surface area contributed by atoms with Gasteiger partial charge in [-0.2, -0.15) is 5.26 Å². The molecule has 21 heavy (non-hydrogen) atoms. The van der Waals surface area contributed by atoms with Crippen molar-refractivity contribution < 1.29 is 9.13 Å². The average molecular weight is 287 g/mol. The number of hydrogen-bond acceptors (Lipinski definition) is 2. The van der Waals surface area contributed by atoms with Crippen LogP contribution >= 0.6 is 0 Å². The minimum absolute atomic E-state index is 0.232. The van der Waals surface area contributed by atoms with Crippen molar-refractivity contribution in [3.63, 3.8) is 0 Å². The van der Waals surface area contributed by atoms with Crippen LogP contribution in [-0.2, 0) is 4.74 Å². The number of hydrogen-bond donors (Lipinski definition) is 0. The van der Waals surface area contributed by atoms with Crippen LogP contribution in [0, 0.1) is 23.1 Å². The molecule has 0 saturated heterocycles. The molecule has 0 amide bonds. The van der Waals surface area contributed by atoms with Gasteiger partial charge in [-0.05, 0) is 62.1 Å². The van der Waals surface area contributed by atoms with E-state index >= 15 is 0 Å². The van der Waals surface area contributed by atoms with Crippen LogP contribution in [-0.4, -0.2) is 13.2 Å². The quantitative estimate of drug-likeness (QED) is 0.587. The van der Waals surface area contributed by atoms with Crippen LogP contribution in [0.5, 0.6) is 0 Å². The van der Waals surface area contributed by atoms with Crippen LogP contribution in [0.1, 0.15) is 49.7 Å². The second kappa shape index (κ2) is 7.95. The Balaban J connectivity index is 1.89. The monoisotopic (exact) mass is 287 g/mol. The number of benzene rings is 1. The summed E-state index contributed by atoms with van der Waals surface area (Å²) in [7, 11) is 0. The molecule has 0 aromatic heterocycles. The van der Waals surface area contributed by atoms with Crippen LogP contribution in [0.3, 0.4) is 0 Å². The lowest BCUT2D eigenvalue weighted by Crippen LogP contribution is -2.13. The zero-order chi connectivity index (χ0) is 15.1. The fourth-order valence-corrected chi connectivity index (χ4v) is 2.98. The Morgan fingerprint density at radius 2 is 2.10 bits per heavy atom. The van der Waals surface area contributed by atoms with Gasteiger partial charge in [-0.1, -0.05) is 18.2 Å². The SMILES string of the molecule is CCOC/C=C/C1CCC(c2ccc(C#N)cc2F)CC1. The van der Waals surface area contributed by atoms with Crippen LogP contribution in [0.2, 0.25) is 0 Å². The molecule has 0 aliphatic heterocycles. The molecule has 112 valence electrons. The molecule has 1 aromatic carbocycles. The lowest BCUT2D eigenvalue weighted by molar-refractivity contribution is 0.177. The van der Waals surface area contributed by atoms with Crippen molar-refractivity contribution in [3.05, 3.63) is 47.3 Å². The van der Waals surface area contributed by atoms with Gasteiger partial charge in [0.05, 0.1) is 18.2 Å². The Morgan fingerprint density at radius 3 is 2.71 bits per heavy atom. The van der Waals surface area contributed by atoms with Gasteiger partial charge in [0.1, 0.15) is 5.82 Å². The van der Waals surface area contributed by atoms with E-state index in [-0.39, 0.29) is 11.7 Å². The normalized spacial score (nSPS) is 22.3. The van der Waals surface area contributed by atoms with Crippen molar-refractivity contribution in [3.8, 4) is 6.07 Å². The molecular weight excluding hydrogens is 265 g/mol. The molecule has 3 heteroatoms. The Hall–Kier alpha value is -1.66. The van der Waals surface area contributed by atoms with Gasteiger partial charge in [-0.3, -0.25) is 0 Å². The van der Waals surface area contributed by atoms with Gasteiger partial charge in [0.15, 0.2) is 0 Å². The Morgan fingerprint density at radius 1 is 1.33 bits per heavy atom. The standard InChI is InChI=1S/C18H22FNO/c1-2-21-11-3-4-14-5-8-16(9-6-14)17-10-7-15(13-20)12-18(17)19/h3-4,7,10,12,14,16H,2,5-6,8-9,11H2,1H3/b4-3+. The molecule has 1 aliphatic rings. The van der Waals surface area contributed by atoms with Crippen molar-refractivity contribution in [1.82, 2.24) is 0 Å². The molecule has 0 unspecified atom stereocenters. The van der Waals surface area contributed by atoms with E-state index in [1.807, 2.05) is 13.0 Å². The van der Waals surface area contributed by atoms with Crippen molar-refractivity contribution in [2.45, 2.75) is 38.5 Å². The number of ether oxygens (including phenoxy) is 1. The maximum Gasteiger partial charge on any atom is 0.127 e. The molecule has 2 rings (SSSR count). The fourth-order valence-electron chi connectivity index (χ4n) is 2.98. The van der Waals surface area contributed by atoms with E-state index in [2.05, 4.69) is 12.2 Å². The zero-order valence-corrected chi connectivity index (χ0v) is 12.5. The van der Waals surface area contributed by atoms with E-state index in [1.54, 1.807) is 12.1 Å². The lowest BCUT2D eigenvalue weighted by atomic mass is 9.78. The first-order valence-corrected chi connectivity index (χ1v) is 7.68. The van der Waals surface area contributed by atoms with E-state index < -0.39 is 0 Å². The predicted molar refractivity (Wildman–Crippen MR) is 81.4 cm³/mol. The molecule has 0 heterocycles. The fraction of sp³-hybridized carbons (Fsp3) is 0.500. The highest BCUT2D eigenvalue weighted by Crippen LogP contribution is 2.37. The summed E-state index contributed by atoms with van der Waals surface area (Å²) in [5.74, 6) is 0.641. The van der Waals surface area contributed by atoms with Gasteiger partial charge in [0.2, 0.25) is 0 Å².